The van der Waals surface area contributed by atoms with Crippen molar-refractivity contribution in [1.82, 2.24) is 0 Å². The molecular weight excluding hydrogens is 276 g/mol. The van der Waals surface area contributed by atoms with Crippen LogP contribution in [0, 0.1) is 5.92 Å². The van der Waals surface area contributed by atoms with Gasteiger partial charge in [-0.25, -0.2) is 0 Å². The number of alkyl halides is 1. The summed E-state index contributed by atoms with van der Waals surface area (Å²) in [6.45, 7) is 7.44. The molecule has 96 valence electrons. The lowest BCUT2D eigenvalue weighted by molar-refractivity contribution is 0.317. The highest BCUT2D eigenvalue weighted by Gasteiger charge is 2.07. The molecule has 17 heavy (non-hydrogen) atoms. The molecule has 0 fully saturated rings. The van der Waals surface area contributed by atoms with Crippen molar-refractivity contribution >= 4 is 15.9 Å². The fraction of sp³-hybridized carbons (Fsp3) is 0.600. The topological polar surface area (TPSA) is 9.23 Å². The zero-order valence-electron chi connectivity index (χ0n) is 11.1. The minimum absolute atomic E-state index is 0.574. The van der Waals surface area contributed by atoms with Gasteiger partial charge in [-0.05, 0) is 42.9 Å². The van der Waals surface area contributed by atoms with Crippen LogP contribution in [0.2, 0.25) is 0 Å². The van der Waals surface area contributed by atoms with Crippen LogP contribution in [0.25, 0.3) is 0 Å². The molecule has 0 amide bonds. The van der Waals surface area contributed by atoms with Crippen LogP contribution in [-0.2, 0) is 6.42 Å². The number of rotatable bonds is 7. The van der Waals surface area contributed by atoms with Gasteiger partial charge in [0.25, 0.3) is 0 Å². The van der Waals surface area contributed by atoms with Gasteiger partial charge in [0.15, 0.2) is 0 Å². The first kappa shape index (κ1) is 14.6. The van der Waals surface area contributed by atoms with Gasteiger partial charge in [0, 0.05) is 4.83 Å². The average Bonchev–Trinajstić information content (AvgIpc) is 2.27. The molecule has 1 aromatic carbocycles. The second-order valence-electron chi connectivity index (χ2n) is 4.92. The third-order valence-corrected chi connectivity index (χ3v) is 3.28. The van der Waals surface area contributed by atoms with Gasteiger partial charge in [-0.2, -0.15) is 0 Å². The summed E-state index contributed by atoms with van der Waals surface area (Å²) in [4.78, 5) is 0.574. The van der Waals surface area contributed by atoms with Crippen LogP contribution in [0.15, 0.2) is 24.3 Å². The molecule has 0 radical (unpaired) electrons. The maximum atomic E-state index is 5.57. The highest BCUT2D eigenvalue weighted by atomic mass is 79.9. The van der Waals surface area contributed by atoms with E-state index in [4.69, 9.17) is 4.74 Å². The Hall–Kier alpha value is -0.500. The van der Waals surface area contributed by atoms with Crippen LogP contribution >= 0.6 is 15.9 Å². The summed E-state index contributed by atoms with van der Waals surface area (Å²) in [5.74, 6) is 1.72. The largest absolute Gasteiger partial charge is 0.494 e. The van der Waals surface area contributed by atoms with Gasteiger partial charge in [0.1, 0.15) is 5.75 Å². The summed E-state index contributed by atoms with van der Waals surface area (Å²) < 4.78 is 5.57. The molecule has 1 rings (SSSR count). The molecule has 1 atom stereocenters. The quantitative estimate of drug-likeness (QED) is 0.655. The van der Waals surface area contributed by atoms with Gasteiger partial charge < -0.3 is 4.74 Å². The fourth-order valence-corrected chi connectivity index (χ4v) is 2.91. The summed E-state index contributed by atoms with van der Waals surface area (Å²) in [7, 11) is 0. The van der Waals surface area contributed by atoms with Crippen molar-refractivity contribution in [3.63, 3.8) is 0 Å². The second kappa shape index (κ2) is 7.75. The third kappa shape index (κ3) is 6.11. The maximum absolute atomic E-state index is 5.57. The molecule has 0 aromatic heterocycles. The van der Waals surface area contributed by atoms with Crippen LogP contribution < -0.4 is 4.74 Å². The number of benzene rings is 1. The highest BCUT2D eigenvalue weighted by molar-refractivity contribution is 9.09. The summed E-state index contributed by atoms with van der Waals surface area (Å²) in [5, 5.41) is 0. The van der Waals surface area contributed by atoms with Crippen LogP contribution in [0.3, 0.4) is 0 Å². The minimum Gasteiger partial charge on any atom is -0.494 e. The number of halogens is 1. The van der Waals surface area contributed by atoms with Gasteiger partial charge in [0.2, 0.25) is 0 Å². The Morgan fingerprint density at radius 1 is 1.18 bits per heavy atom. The van der Waals surface area contributed by atoms with Crippen LogP contribution in [0.1, 0.15) is 39.2 Å². The predicted octanol–water partition coefficient (Wildman–Crippen LogP) is 4.83. The van der Waals surface area contributed by atoms with Crippen molar-refractivity contribution in [3.05, 3.63) is 29.8 Å². The van der Waals surface area contributed by atoms with Gasteiger partial charge in [-0.15, -0.1) is 0 Å². The van der Waals surface area contributed by atoms with Crippen molar-refractivity contribution < 1.29 is 4.74 Å². The lowest BCUT2D eigenvalue weighted by Gasteiger charge is -2.12. The number of hydrogen-bond acceptors (Lipinski definition) is 1. The standard InChI is InChI=1S/C15H23BrO/c1-4-9-17-15-7-5-13(6-8-15)11-14(16)10-12(2)3/h5-8,12,14H,4,9-11H2,1-3H3. The average molecular weight is 299 g/mol. The summed E-state index contributed by atoms with van der Waals surface area (Å²) in [6.07, 6.45) is 3.36. The highest BCUT2D eigenvalue weighted by Crippen LogP contribution is 2.20. The molecule has 0 N–H and O–H groups in total. The summed E-state index contributed by atoms with van der Waals surface area (Å²) in [6, 6.07) is 8.47. The Kier molecular flexibility index (Phi) is 6.64. The Bertz CT molecular complexity index is 305. The second-order valence-corrected chi connectivity index (χ2v) is 6.22. The monoisotopic (exact) mass is 298 g/mol. The van der Waals surface area contributed by atoms with E-state index in [1.54, 1.807) is 0 Å². The molecule has 0 bridgehead atoms. The van der Waals surface area contributed by atoms with Gasteiger partial charge >= 0.3 is 0 Å². The van der Waals surface area contributed by atoms with Crippen LogP contribution in [-0.4, -0.2) is 11.4 Å². The lowest BCUT2D eigenvalue weighted by atomic mass is 10.0. The van der Waals surface area contributed by atoms with E-state index < -0.39 is 0 Å². The van der Waals surface area contributed by atoms with Crippen LogP contribution in [0.4, 0.5) is 0 Å². The van der Waals surface area contributed by atoms with Crippen molar-refractivity contribution in [2.24, 2.45) is 5.92 Å². The number of hydrogen-bond donors (Lipinski definition) is 0. The lowest BCUT2D eigenvalue weighted by Crippen LogP contribution is -2.06. The van der Waals surface area contributed by atoms with Crippen molar-refractivity contribution in [1.29, 1.82) is 0 Å². The van der Waals surface area contributed by atoms with E-state index in [1.165, 1.54) is 12.0 Å². The zero-order valence-corrected chi connectivity index (χ0v) is 12.7. The Morgan fingerprint density at radius 2 is 1.82 bits per heavy atom. The predicted molar refractivity (Wildman–Crippen MR) is 78.1 cm³/mol. The molecule has 0 spiro atoms. The van der Waals surface area contributed by atoms with E-state index in [1.807, 2.05) is 0 Å². The molecule has 0 saturated carbocycles. The van der Waals surface area contributed by atoms with Crippen molar-refractivity contribution in [2.45, 2.75) is 44.9 Å². The smallest absolute Gasteiger partial charge is 0.119 e. The van der Waals surface area contributed by atoms with Crippen molar-refractivity contribution in [2.75, 3.05) is 6.61 Å². The molecule has 0 aliphatic rings. The SMILES string of the molecule is CCCOc1ccc(CC(Br)CC(C)C)cc1. The molecule has 0 aliphatic heterocycles. The Morgan fingerprint density at radius 3 is 2.35 bits per heavy atom. The molecule has 1 aromatic rings. The molecule has 1 unspecified atom stereocenters. The van der Waals surface area contributed by atoms with Gasteiger partial charge in [0.05, 0.1) is 6.61 Å². The molecule has 0 saturated heterocycles. The van der Waals surface area contributed by atoms with Crippen molar-refractivity contribution in [3.8, 4) is 5.75 Å². The van der Waals surface area contributed by atoms with E-state index >= 15 is 0 Å². The first-order valence-corrected chi connectivity index (χ1v) is 7.39. The zero-order chi connectivity index (χ0) is 12.7. The van der Waals surface area contributed by atoms with E-state index in [-0.39, 0.29) is 0 Å². The Labute approximate surface area is 114 Å². The summed E-state index contributed by atoms with van der Waals surface area (Å²) in [5.41, 5.74) is 1.37. The van der Waals surface area contributed by atoms with Crippen LogP contribution in [0.5, 0.6) is 5.75 Å². The fourth-order valence-electron chi connectivity index (χ4n) is 1.79. The molecule has 0 aliphatic carbocycles. The molecule has 0 heterocycles. The van der Waals surface area contributed by atoms with E-state index in [2.05, 4.69) is 61.0 Å². The maximum Gasteiger partial charge on any atom is 0.119 e. The first-order chi connectivity index (χ1) is 8.11. The minimum atomic E-state index is 0.574. The van der Waals surface area contributed by atoms with Gasteiger partial charge in [-0.3, -0.25) is 0 Å². The Balaban J connectivity index is 2.44. The molecular formula is C15H23BrO. The van der Waals surface area contributed by atoms with E-state index in [0.717, 1.165) is 31.1 Å². The number of ether oxygens (including phenoxy) is 1. The molecule has 2 heteroatoms. The van der Waals surface area contributed by atoms with E-state index in [0.29, 0.717) is 4.83 Å². The summed E-state index contributed by atoms with van der Waals surface area (Å²) >= 11 is 3.74. The normalized spacial score (nSPS) is 12.8. The molecule has 1 nitrogen and oxygen atoms in total. The first-order valence-electron chi connectivity index (χ1n) is 6.47. The van der Waals surface area contributed by atoms with E-state index in [9.17, 15) is 0 Å². The third-order valence-electron chi connectivity index (χ3n) is 2.58. The van der Waals surface area contributed by atoms with Gasteiger partial charge in [-0.1, -0.05) is 48.8 Å².